The summed E-state index contributed by atoms with van der Waals surface area (Å²) in [4.78, 5) is 22.8. The van der Waals surface area contributed by atoms with Crippen molar-refractivity contribution in [1.82, 2.24) is 4.57 Å². The minimum Gasteiger partial charge on any atom is -0.494 e. The van der Waals surface area contributed by atoms with Crippen LogP contribution < -0.4 is 10.3 Å². The van der Waals surface area contributed by atoms with Crippen LogP contribution in [0.4, 0.5) is 4.39 Å². The van der Waals surface area contributed by atoms with E-state index in [-0.39, 0.29) is 17.9 Å². The van der Waals surface area contributed by atoms with E-state index in [9.17, 15) is 14.0 Å². The molecule has 0 saturated heterocycles. The van der Waals surface area contributed by atoms with Gasteiger partial charge in [-0.2, -0.15) is 0 Å². The topological polar surface area (TPSA) is 68.5 Å². The number of carboxylic acid groups (broad SMARTS) is 1. The van der Waals surface area contributed by atoms with Gasteiger partial charge in [-0.3, -0.25) is 4.79 Å². The molecule has 1 N–H and O–H groups in total. The molecule has 0 amide bonds. The summed E-state index contributed by atoms with van der Waals surface area (Å²) in [6.45, 7) is 0.0842. The molecule has 0 aliphatic rings. The van der Waals surface area contributed by atoms with Crippen LogP contribution in [0.5, 0.6) is 5.75 Å². The molecule has 104 valence electrons. The highest BCUT2D eigenvalue weighted by molar-refractivity contribution is 5.86. The summed E-state index contributed by atoms with van der Waals surface area (Å²) < 4.78 is 19.6. The molecule has 0 fully saturated rings. The minimum atomic E-state index is -1.29. The van der Waals surface area contributed by atoms with Crippen LogP contribution in [-0.2, 0) is 6.54 Å². The molecule has 0 atom stereocenters. The summed E-state index contributed by atoms with van der Waals surface area (Å²) in [5.41, 5.74) is -0.411. The maximum Gasteiger partial charge on any atom is 0.341 e. The number of carboxylic acids is 1. The SMILES string of the molecule is COc1ccc(Cn2cccc(C(=O)O)c2=O)cc1F. The Morgan fingerprint density at radius 3 is 2.75 bits per heavy atom. The molecule has 0 bridgehead atoms. The van der Waals surface area contributed by atoms with Crippen molar-refractivity contribution in [3.63, 3.8) is 0 Å². The number of rotatable bonds is 4. The Labute approximate surface area is 113 Å². The van der Waals surface area contributed by atoms with Crippen LogP contribution in [-0.4, -0.2) is 22.8 Å². The lowest BCUT2D eigenvalue weighted by Gasteiger charge is -2.08. The lowest BCUT2D eigenvalue weighted by atomic mass is 10.2. The molecule has 0 aliphatic heterocycles. The molecule has 1 heterocycles. The van der Waals surface area contributed by atoms with Gasteiger partial charge < -0.3 is 14.4 Å². The zero-order chi connectivity index (χ0) is 14.7. The molecule has 5 nitrogen and oxygen atoms in total. The van der Waals surface area contributed by atoms with E-state index in [0.717, 1.165) is 0 Å². The number of methoxy groups -OCH3 is 1. The summed E-state index contributed by atoms with van der Waals surface area (Å²) in [5.74, 6) is -1.71. The predicted molar refractivity (Wildman–Crippen MR) is 69.7 cm³/mol. The van der Waals surface area contributed by atoms with Gasteiger partial charge in [0.2, 0.25) is 0 Å². The molecule has 20 heavy (non-hydrogen) atoms. The first-order valence-electron chi connectivity index (χ1n) is 5.78. The van der Waals surface area contributed by atoms with Gasteiger partial charge in [-0.25, -0.2) is 9.18 Å². The molecule has 0 saturated carbocycles. The van der Waals surface area contributed by atoms with E-state index >= 15 is 0 Å². The van der Waals surface area contributed by atoms with Crippen molar-refractivity contribution in [3.8, 4) is 5.75 Å². The van der Waals surface area contributed by atoms with Crippen molar-refractivity contribution in [1.29, 1.82) is 0 Å². The van der Waals surface area contributed by atoms with Gasteiger partial charge in [-0.15, -0.1) is 0 Å². The maximum atomic E-state index is 13.6. The molecule has 0 radical (unpaired) electrons. The number of benzene rings is 1. The van der Waals surface area contributed by atoms with Crippen molar-refractivity contribution < 1.29 is 19.0 Å². The van der Waals surface area contributed by atoms with Crippen LogP contribution in [0.2, 0.25) is 0 Å². The van der Waals surface area contributed by atoms with Gasteiger partial charge in [0, 0.05) is 6.20 Å². The second-order valence-electron chi connectivity index (χ2n) is 4.13. The average molecular weight is 277 g/mol. The Hall–Kier alpha value is -2.63. The number of carbonyl (C=O) groups is 1. The average Bonchev–Trinajstić information content (AvgIpc) is 2.41. The van der Waals surface area contributed by atoms with Crippen LogP contribution in [0.25, 0.3) is 0 Å². The number of hydrogen-bond donors (Lipinski definition) is 1. The largest absolute Gasteiger partial charge is 0.494 e. The van der Waals surface area contributed by atoms with E-state index < -0.39 is 17.3 Å². The van der Waals surface area contributed by atoms with Gasteiger partial charge in [0.25, 0.3) is 5.56 Å². The number of ether oxygens (including phenoxy) is 1. The standard InChI is InChI=1S/C14H12FNO4/c1-20-12-5-4-9(7-11(12)15)8-16-6-2-3-10(13(16)17)14(18)19/h2-7H,8H2,1H3,(H,18,19). The van der Waals surface area contributed by atoms with E-state index in [4.69, 9.17) is 9.84 Å². The lowest BCUT2D eigenvalue weighted by Crippen LogP contribution is -2.26. The van der Waals surface area contributed by atoms with Gasteiger partial charge >= 0.3 is 5.97 Å². The Balaban J connectivity index is 2.35. The van der Waals surface area contributed by atoms with Gasteiger partial charge in [0.05, 0.1) is 13.7 Å². The summed E-state index contributed by atoms with van der Waals surface area (Å²) in [6.07, 6.45) is 1.46. The quantitative estimate of drug-likeness (QED) is 0.924. The fourth-order valence-electron chi connectivity index (χ4n) is 1.83. The number of nitrogens with zero attached hydrogens (tertiary/aromatic N) is 1. The summed E-state index contributed by atoms with van der Waals surface area (Å²) in [6, 6.07) is 7.01. The molecule has 1 aromatic heterocycles. The maximum absolute atomic E-state index is 13.6. The Kier molecular flexibility index (Phi) is 3.84. The normalized spacial score (nSPS) is 10.3. The lowest BCUT2D eigenvalue weighted by molar-refractivity contribution is 0.0694. The van der Waals surface area contributed by atoms with Crippen molar-refractivity contribution >= 4 is 5.97 Å². The first-order valence-corrected chi connectivity index (χ1v) is 5.78. The second kappa shape index (κ2) is 5.56. The Bertz CT molecular complexity index is 709. The third-order valence-electron chi connectivity index (χ3n) is 2.82. The van der Waals surface area contributed by atoms with Crippen molar-refractivity contribution in [2.75, 3.05) is 7.11 Å². The number of hydrogen-bond acceptors (Lipinski definition) is 3. The fourth-order valence-corrected chi connectivity index (χ4v) is 1.83. The highest BCUT2D eigenvalue weighted by Gasteiger charge is 2.11. The van der Waals surface area contributed by atoms with Crippen LogP contribution in [0.3, 0.4) is 0 Å². The number of aromatic carboxylic acids is 1. The fraction of sp³-hybridized carbons (Fsp3) is 0.143. The summed E-state index contributed by atoms with van der Waals surface area (Å²) >= 11 is 0. The van der Waals surface area contributed by atoms with Crippen molar-refractivity contribution in [2.45, 2.75) is 6.54 Å². The van der Waals surface area contributed by atoms with Crippen molar-refractivity contribution in [2.24, 2.45) is 0 Å². The summed E-state index contributed by atoms with van der Waals surface area (Å²) in [5, 5.41) is 8.88. The molecule has 0 unspecified atom stereocenters. The van der Waals surface area contributed by atoms with Crippen LogP contribution in [0, 0.1) is 5.82 Å². The van der Waals surface area contributed by atoms with E-state index in [1.807, 2.05) is 0 Å². The van der Waals surface area contributed by atoms with Gasteiger partial charge in [-0.05, 0) is 29.8 Å². The molecule has 0 aliphatic carbocycles. The highest BCUT2D eigenvalue weighted by atomic mass is 19.1. The number of pyridine rings is 1. The molecular weight excluding hydrogens is 265 g/mol. The number of aromatic nitrogens is 1. The zero-order valence-electron chi connectivity index (χ0n) is 10.7. The van der Waals surface area contributed by atoms with E-state index in [1.165, 1.54) is 42.1 Å². The molecule has 2 rings (SSSR count). The van der Waals surface area contributed by atoms with Gasteiger partial charge in [0.1, 0.15) is 5.56 Å². The third-order valence-corrected chi connectivity index (χ3v) is 2.82. The molecule has 6 heteroatoms. The molecule has 2 aromatic rings. The van der Waals surface area contributed by atoms with Crippen LogP contribution in [0.15, 0.2) is 41.3 Å². The van der Waals surface area contributed by atoms with Gasteiger partial charge in [-0.1, -0.05) is 6.07 Å². The Morgan fingerprint density at radius 2 is 2.15 bits per heavy atom. The first kappa shape index (κ1) is 13.8. The molecule has 0 spiro atoms. The van der Waals surface area contributed by atoms with Crippen molar-refractivity contribution in [3.05, 3.63) is 63.8 Å². The first-order chi connectivity index (χ1) is 9.52. The monoisotopic (exact) mass is 277 g/mol. The van der Waals surface area contributed by atoms with E-state index in [2.05, 4.69) is 0 Å². The Morgan fingerprint density at radius 1 is 1.40 bits per heavy atom. The predicted octanol–water partition coefficient (Wildman–Crippen LogP) is 1.74. The smallest absolute Gasteiger partial charge is 0.341 e. The zero-order valence-corrected chi connectivity index (χ0v) is 10.7. The highest BCUT2D eigenvalue weighted by Crippen LogP contribution is 2.17. The van der Waals surface area contributed by atoms with Crippen LogP contribution in [0.1, 0.15) is 15.9 Å². The molecule has 1 aromatic carbocycles. The molecular formula is C14H12FNO4. The van der Waals surface area contributed by atoms with Crippen LogP contribution >= 0.6 is 0 Å². The third kappa shape index (κ3) is 2.69. The van der Waals surface area contributed by atoms with Gasteiger partial charge in [0.15, 0.2) is 11.6 Å². The number of halogens is 1. The summed E-state index contributed by atoms with van der Waals surface area (Å²) in [7, 11) is 1.36. The minimum absolute atomic E-state index is 0.0842. The second-order valence-corrected chi connectivity index (χ2v) is 4.13. The van der Waals surface area contributed by atoms with E-state index in [0.29, 0.717) is 5.56 Å². The van der Waals surface area contributed by atoms with E-state index in [1.54, 1.807) is 6.07 Å².